The van der Waals surface area contributed by atoms with Gasteiger partial charge in [0.1, 0.15) is 0 Å². The summed E-state index contributed by atoms with van der Waals surface area (Å²) < 4.78 is 0. The number of anilines is 1. The highest BCUT2D eigenvalue weighted by Gasteiger charge is 2.25. The molecule has 8 nitrogen and oxygen atoms in total. The first-order valence-electron chi connectivity index (χ1n) is 9.60. The molecule has 2 aromatic rings. The molecule has 2 aliphatic rings. The van der Waals surface area contributed by atoms with Crippen molar-refractivity contribution in [2.45, 2.75) is 19.4 Å². The smallest absolute Gasteiger partial charge is 0.290 e. The summed E-state index contributed by atoms with van der Waals surface area (Å²) in [4.78, 5) is 38.6. The second-order valence-corrected chi connectivity index (χ2v) is 8.07. The minimum atomic E-state index is -0.375. The number of carbonyl (C=O) groups is 2. The second kappa shape index (κ2) is 9.15. The molecule has 0 aliphatic carbocycles. The van der Waals surface area contributed by atoms with Crippen LogP contribution in [0, 0.1) is 5.92 Å². The Morgan fingerprint density at radius 1 is 1.24 bits per heavy atom. The molecule has 4 heterocycles. The van der Waals surface area contributed by atoms with Crippen molar-refractivity contribution in [3.05, 3.63) is 53.0 Å². The van der Waals surface area contributed by atoms with Crippen LogP contribution in [0.15, 0.2) is 41.7 Å². The monoisotopic (exact) mass is 410 g/mol. The number of piperidine rings is 1. The van der Waals surface area contributed by atoms with Crippen molar-refractivity contribution >= 4 is 34.9 Å². The molecule has 2 aliphatic heterocycles. The van der Waals surface area contributed by atoms with Gasteiger partial charge in [-0.15, -0.1) is 0 Å². The first kappa shape index (κ1) is 19.5. The predicted molar refractivity (Wildman–Crippen MR) is 112 cm³/mol. The Hall–Kier alpha value is -2.78. The third kappa shape index (κ3) is 5.18. The topological polar surface area (TPSA) is 100 Å². The van der Waals surface area contributed by atoms with Gasteiger partial charge in [0.2, 0.25) is 5.95 Å². The van der Waals surface area contributed by atoms with Crippen LogP contribution < -0.4 is 15.5 Å². The van der Waals surface area contributed by atoms with E-state index in [0.29, 0.717) is 22.5 Å². The first-order chi connectivity index (χ1) is 14.2. The summed E-state index contributed by atoms with van der Waals surface area (Å²) in [5.41, 5.74) is 1.82. The molecule has 0 unspecified atom stereocenters. The zero-order valence-corrected chi connectivity index (χ0v) is 16.7. The predicted octanol–water partition coefficient (Wildman–Crippen LogP) is 2.20. The Labute approximate surface area is 173 Å². The zero-order chi connectivity index (χ0) is 20.1. The fraction of sp³-hybridized carbons (Fsp3) is 0.350. The quantitative estimate of drug-likeness (QED) is 0.699. The van der Waals surface area contributed by atoms with Gasteiger partial charge in [0.25, 0.3) is 11.1 Å². The number of thioether (sulfide) groups is 1. The lowest BCUT2D eigenvalue weighted by molar-refractivity contribution is -0.115. The molecule has 0 atom stereocenters. The van der Waals surface area contributed by atoms with Crippen LogP contribution in [0.1, 0.15) is 24.1 Å². The maximum atomic E-state index is 11.7. The van der Waals surface area contributed by atoms with Crippen molar-refractivity contribution in [3.8, 4) is 0 Å². The van der Waals surface area contributed by atoms with Crippen LogP contribution in [0.3, 0.4) is 0 Å². The molecule has 9 heteroatoms. The van der Waals surface area contributed by atoms with E-state index in [4.69, 9.17) is 0 Å². The lowest BCUT2D eigenvalue weighted by Crippen LogP contribution is -2.38. The van der Waals surface area contributed by atoms with E-state index in [1.807, 2.05) is 12.3 Å². The maximum absolute atomic E-state index is 11.7. The van der Waals surface area contributed by atoms with E-state index < -0.39 is 0 Å². The van der Waals surface area contributed by atoms with Crippen LogP contribution in [0.5, 0.6) is 0 Å². The fourth-order valence-corrected chi connectivity index (χ4v) is 4.08. The Balaban J connectivity index is 1.29. The van der Waals surface area contributed by atoms with E-state index >= 15 is 0 Å². The number of imide groups is 1. The van der Waals surface area contributed by atoms with Gasteiger partial charge in [0, 0.05) is 38.2 Å². The van der Waals surface area contributed by atoms with Crippen LogP contribution in [0.4, 0.5) is 10.7 Å². The number of nitrogens with zero attached hydrogens (tertiary/aromatic N) is 4. The third-order valence-corrected chi connectivity index (χ3v) is 5.78. The van der Waals surface area contributed by atoms with E-state index in [2.05, 4.69) is 36.6 Å². The summed E-state index contributed by atoms with van der Waals surface area (Å²) in [7, 11) is 0. The summed E-state index contributed by atoms with van der Waals surface area (Å²) in [6.07, 6.45) is 9.14. The SMILES string of the molecule is O=C1NC(=O)C(=Cc2ccnc(N3CCC(CNCc4cccnc4)CC3)n2)S1. The van der Waals surface area contributed by atoms with Crippen molar-refractivity contribution in [1.82, 2.24) is 25.6 Å². The van der Waals surface area contributed by atoms with Crippen molar-refractivity contribution in [3.63, 3.8) is 0 Å². The van der Waals surface area contributed by atoms with Gasteiger partial charge in [-0.05, 0) is 60.8 Å². The molecule has 4 rings (SSSR count). The Morgan fingerprint density at radius 2 is 2.10 bits per heavy atom. The lowest BCUT2D eigenvalue weighted by atomic mass is 9.97. The van der Waals surface area contributed by atoms with Crippen molar-refractivity contribution in [2.75, 3.05) is 24.5 Å². The molecule has 2 aromatic heterocycles. The van der Waals surface area contributed by atoms with Crippen molar-refractivity contribution in [1.29, 1.82) is 0 Å². The summed E-state index contributed by atoms with van der Waals surface area (Å²) in [6.45, 7) is 3.61. The molecule has 0 radical (unpaired) electrons. The number of aromatic nitrogens is 3. The minimum absolute atomic E-state index is 0.352. The Kier molecular flexibility index (Phi) is 6.16. The summed E-state index contributed by atoms with van der Waals surface area (Å²) in [5.74, 6) is 0.911. The number of nitrogens with one attached hydrogen (secondary N) is 2. The van der Waals surface area contributed by atoms with Gasteiger partial charge in [0.05, 0.1) is 10.6 Å². The van der Waals surface area contributed by atoms with E-state index in [1.54, 1.807) is 24.5 Å². The molecule has 0 bridgehead atoms. The largest absolute Gasteiger partial charge is 0.341 e. The standard InChI is InChI=1S/C20H22N6O2S/c27-18-17(29-20(28)25-18)10-16-3-7-23-19(24-16)26-8-4-14(5-9-26)11-22-13-15-2-1-6-21-12-15/h1-3,6-7,10,12,14,22H,4-5,8-9,11,13H2,(H,25,27,28). The third-order valence-electron chi connectivity index (χ3n) is 4.97. The Bertz CT molecular complexity index is 912. The average molecular weight is 411 g/mol. The van der Waals surface area contributed by atoms with Crippen LogP contribution in [-0.4, -0.2) is 45.7 Å². The number of pyridine rings is 1. The second-order valence-electron chi connectivity index (χ2n) is 7.06. The first-order valence-corrected chi connectivity index (χ1v) is 10.4. The van der Waals surface area contributed by atoms with E-state index in [0.717, 1.165) is 50.8 Å². The number of amides is 2. The van der Waals surface area contributed by atoms with Gasteiger partial charge >= 0.3 is 0 Å². The molecule has 2 N–H and O–H groups in total. The number of hydrogen-bond donors (Lipinski definition) is 2. The highest BCUT2D eigenvalue weighted by atomic mass is 32.2. The van der Waals surface area contributed by atoms with Crippen molar-refractivity contribution < 1.29 is 9.59 Å². The average Bonchev–Trinajstić information content (AvgIpc) is 3.06. The lowest BCUT2D eigenvalue weighted by Gasteiger charge is -2.32. The maximum Gasteiger partial charge on any atom is 0.290 e. The summed E-state index contributed by atoms with van der Waals surface area (Å²) >= 11 is 0.893. The molecular formula is C20H22N6O2S. The van der Waals surface area contributed by atoms with Crippen molar-refractivity contribution in [2.24, 2.45) is 5.92 Å². The van der Waals surface area contributed by atoms with Gasteiger partial charge < -0.3 is 10.2 Å². The fourth-order valence-electron chi connectivity index (χ4n) is 3.41. The molecule has 2 fully saturated rings. The van der Waals surface area contributed by atoms with E-state index in [1.165, 1.54) is 5.56 Å². The normalized spacial score (nSPS) is 19.0. The van der Waals surface area contributed by atoms with Gasteiger partial charge in [-0.2, -0.15) is 0 Å². The van der Waals surface area contributed by atoms with Crippen LogP contribution >= 0.6 is 11.8 Å². The molecule has 0 spiro atoms. The van der Waals surface area contributed by atoms with E-state index in [9.17, 15) is 9.59 Å². The minimum Gasteiger partial charge on any atom is -0.341 e. The summed E-state index contributed by atoms with van der Waals surface area (Å²) in [5, 5.41) is 5.42. The van der Waals surface area contributed by atoms with E-state index in [-0.39, 0.29) is 11.1 Å². The number of carbonyl (C=O) groups excluding carboxylic acids is 2. The van der Waals surface area contributed by atoms with Gasteiger partial charge in [-0.3, -0.25) is 19.9 Å². The number of rotatable bonds is 6. The van der Waals surface area contributed by atoms with Gasteiger partial charge in [0.15, 0.2) is 0 Å². The summed E-state index contributed by atoms with van der Waals surface area (Å²) in [6, 6.07) is 5.77. The van der Waals surface area contributed by atoms with Crippen LogP contribution in [-0.2, 0) is 11.3 Å². The molecule has 150 valence electrons. The Morgan fingerprint density at radius 3 is 2.83 bits per heavy atom. The highest BCUT2D eigenvalue weighted by Crippen LogP contribution is 2.26. The van der Waals surface area contributed by atoms with Gasteiger partial charge in [-0.1, -0.05) is 6.07 Å². The molecule has 0 aromatic carbocycles. The van der Waals surface area contributed by atoms with Crippen LogP contribution in [0.25, 0.3) is 6.08 Å². The molecule has 2 amide bonds. The zero-order valence-electron chi connectivity index (χ0n) is 15.9. The molecule has 2 saturated heterocycles. The highest BCUT2D eigenvalue weighted by molar-refractivity contribution is 8.18. The van der Waals surface area contributed by atoms with Crippen LogP contribution in [0.2, 0.25) is 0 Å². The number of hydrogen-bond acceptors (Lipinski definition) is 8. The molecule has 0 saturated carbocycles. The molecular weight excluding hydrogens is 388 g/mol. The van der Waals surface area contributed by atoms with Gasteiger partial charge in [-0.25, -0.2) is 9.97 Å². The molecule has 29 heavy (non-hydrogen) atoms.